The van der Waals surface area contributed by atoms with E-state index < -0.39 is 21.5 Å². The zero-order valence-corrected chi connectivity index (χ0v) is 12.8. The molecular weight excluding hydrogens is 288 g/mol. The summed E-state index contributed by atoms with van der Waals surface area (Å²) in [5, 5.41) is 0.353. The van der Waals surface area contributed by atoms with Gasteiger partial charge in [0.25, 0.3) is 0 Å². The Labute approximate surface area is 118 Å². The van der Waals surface area contributed by atoms with Gasteiger partial charge >= 0.3 is 0 Å². The highest BCUT2D eigenvalue weighted by Gasteiger charge is 2.39. The maximum atomic E-state index is 12.5. The van der Waals surface area contributed by atoms with Gasteiger partial charge in [-0.25, -0.2) is 8.42 Å². The Hall–Kier alpha value is -1.11. The molecule has 1 rings (SSSR count). The van der Waals surface area contributed by atoms with Crippen molar-refractivity contribution in [3.63, 3.8) is 0 Å². The summed E-state index contributed by atoms with van der Waals surface area (Å²) < 4.78 is 26.0. The van der Waals surface area contributed by atoms with Crippen molar-refractivity contribution in [2.75, 3.05) is 7.05 Å². The third kappa shape index (κ3) is 2.75. The Morgan fingerprint density at radius 2 is 1.89 bits per heavy atom. The smallest absolute Gasteiger partial charge is 0.244 e. The van der Waals surface area contributed by atoms with Crippen molar-refractivity contribution in [2.24, 2.45) is 5.73 Å². The van der Waals surface area contributed by atoms with E-state index in [0.717, 1.165) is 4.31 Å². The van der Waals surface area contributed by atoms with Crippen LogP contribution in [-0.2, 0) is 14.8 Å². The molecule has 0 bridgehead atoms. The summed E-state index contributed by atoms with van der Waals surface area (Å²) in [6.07, 6.45) is 0. The lowest BCUT2D eigenvalue weighted by Crippen LogP contribution is -2.53. The van der Waals surface area contributed by atoms with Crippen LogP contribution >= 0.6 is 11.6 Å². The first kappa shape index (κ1) is 15.9. The first-order valence-corrected chi connectivity index (χ1v) is 7.38. The van der Waals surface area contributed by atoms with Gasteiger partial charge in [0, 0.05) is 12.1 Å². The summed E-state index contributed by atoms with van der Waals surface area (Å²) in [6, 6.07) is 4.60. The van der Waals surface area contributed by atoms with Gasteiger partial charge in [0.1, 0.15) is 5.54 Å². The minimum Gasteiger partial charge on any atom is -0.368 e. The number of hydrogen-bond acceptors (Lipinski definition) is 3. The molecule has 0 saturated carbocycles. The standard InChI is InChI=1S/C12H17ClN2O3S/c1-8-9(13)6-5-7-10(8)19(17,18)15(4)12(2,3)11(14)16/h5-7H,1-4H3,(H2,14,16). The van der Waals surface area contributed by atoms with Crippen LogP contribution in [0.5, 0.6) is 0 Å². The summed E-state index contributed by atoms with van der Waals surface area (Å²) in [6.45, 7) is 4.51. The molecule has 0 heterocycles. The van der Waals surface area contributed by atoms with Crippen LogP contribution in [0.4, 0.5) is 0 Å². The molecule has 0 fully saturated rings. The van der Waals surface area contributed by atoms with Gasteiger partial charge in [-0.2, -0.15) is 4.31 Å². The van der Waals surface area contributed by atoms with E-state index in [1.54, 1.807) is 19.1 Å². The zero-order valence-electron chi connectivity index (χ0n) is 11.3. The van der Waals surface area contributed by atoms with E-state index in [2.05, 4.69) is 0 Å². The van der Waals surface area contributed by atoms with Gasteiger partial charge in [-0.3, -0.25) is 4.79 Å². The Bertz CT molecular complexity index is 611. The van der Waals surface area contributed by atoms with Crippen molar-refractivity contribution < 1.29 is 13.2 Å². The van der Waals surface area contributed by atoms with Crippen LogP contribution in [0.1, 0.15) is 19.4 Å². The fourth-order valence-electron chi connectivity index (χ4n) is 1.47. The van der Waals surface area contributed by atoms with E-state index in [0.29, 0.717) is 10.6 Å². The topological polar surface area (TPSA) is 80.5 Å². The van der Waals surface area contributed by atoms with Crippen LogP contribution in [0.25, 0.3) is 0 Å². The minimum atomic E-state index is -3.85. The molecule has 7 heteroatoms. The molecular formula is C12H17ClN2O3S. The van der Waals surface area contributed by atoms with E-state index in [-0.39, 0.29) is 4.90 Å². The van der Waals surface area contributed by atoms with Gasteiger partial charge in [-0.05, 0) is 38.5 Å². The number of sulfonamides is 1. The minimum absolute atomic E-state index is 0.0665. The van der Waals surface area contributed by atoms with Crippen LogP contribution in [0.3, 0.4) is 0 Å². The van der Waals surface area contributed by atoms with Gasteiger partial charge in [0.2, 0.25) is 15.9 Å². The van der Waals surface area contributed by atoms with Crippen LogP contribution in [0.15, 0.2) is 23.1 Å². The number of primary amides is 1. The third-order valence-corrected chi connectivity index (χ3v) is 5.83. The molecule has 0 aliphatic carbocycles. The number of carbonyl (C=O) groups is 1. The molecule has 0 saturated heterocycles. The van der Waals surface area contributed by atoms with Gasteiger partial charge in [-0.1, -0.05) is 17.7 Å². The highest BCUT2D eigenvalue weighted by molar-refractivity contribution is 7.89. The van der Waals surface area contributed by atoms with Gasteiger partial charge in [-0.15, -0.1) is 0 Å². The lowest BCUT2D eigenvalue weighted by molar-refractivity contribution is -0.125. The molecule has 1 aromatic rings. The molecule has 19 heavy (non-hydrogen) atoms. The lowest BCUT2D eigenvalue weighted by atomic mass is 10.1. The quantitative estimate of drug-likeness (QED) is 0.916. The average molecular weight is 305 g/mol. The number of rotatable bonds is 4. The molecule has 0 atom stereocenters. The van der Waals surface area contributed by atoms with Crippen molar-refractivity contribution in [1.29, 1.82) is 0 Å². The molecule has 0 aliphatic rings. The Balaban J connectivity index is 3.41. The summed E-state index contributed by atoms with van der Waals surface area (Å²) in [5.41, 5.74) is 4.36. The molecule has 1 amide bonds. The Morgan fingerprint density at radius 3 is 2.37 bits per heavy atom. The third-order valence-electron chi connectivity index (χ3n) is 3.25. The maximum Gasteiger partial charge on any atom is 0.244 e. The van der Waals surface area contributed by atoms with E-state index in [4.69, 9.17) is 17.3 Å². The first-order valence-electron chi connectivity index (χ1n) is 5.57. The molecule has 1 aromatic carbocycles. The highest BCUT2D eigenvalue weighted by atomic mass is 35.5. The number of benzene rings is 1. The number of halogens is 1. The Morgan fingerprint density at radius 1 is 1.37 bits per heavy atom. The largest absolute Gasteiger partial charge is 0.368 e. The number of likely N-dealkylation sites (N-methyl/N-ethyl adjacent to an activating group) is 1. The summed E-state index contributed by atoms with van der Waals surface area (Å²) in [7, 11) is -2.53. The van der Waals surface area contributed by atoms with Crippen LogP contribution in [0, 0.1) is 6.92 Å². The van der Waals surface area contributed by atoms with E-state index >= 15 is 0 Å². The van der Waals surface area contributed by atoms with Gasteiger partial charge in [0.15, 0.2) is 0 Å². The highest BCUT2D eigenvalue weighted by Crippen LogP contribution is 2.28. The predicted molar refractivity (Wildman–Crippen MR) is 74.4 cm³/mol. The number of nitrogens with two attached hydrogens (primary N) is 1. The fourth-order valence-corrected chi connectivity index (χ4v) is 3.43. The summed E-state index contributed by atoms with van der Waals surface area (Å²) in [5.74, 6) is -0.724. The van der Waals surface area contributed by atoms with E-state index in [1.807, 2.05) is 0 Å². The monoisotopic (exact) mass is 304 g/mol. The number of hydrogen-bond donors (Lipinski definition) is 1. The van der Waals surface area contributed by atoms with Crippen LogP contribution < -0.4 is 5.73 Å². The molecule has 0 radical (unpaired) electrons. The van der Waals surface area contributed by atoms with Crippen molar-refractivity contribution in [1.82, 2.24) is 4.31 Å². The van der Waals surface area contributed by atoms with E-state index in [1.165, 1.54) is 27.0 Å². The number of amides is 1. The molecule has 106 valence electrons. The van der Waals surface area contributed by atoms with Crippen molar-refractivity contribution in [3.8, 4) is 0 Å². The van der Waals surface area contributed by atoms with Crippen molar-refractivity contribution >= 4 is 27.5 Å². The lowest BCUT2D eigenvalue weighted by Gasteiger charge is -2.32. The molecule has 5 nitrogen and oxygen atoms in total. The molecule has 0 spiro atoms. The summed E-state index contributed by atoms with van der Waals surface area (Å²) >= 11 is 5.93. The molecule has 2 N–H and O–H groups in total. The maximum absolute atomic E-state index is 12.5. The zero-order chi connectivity index (χ0) is 15.0. The first-order chi connectivity index (χ1) is 8.52. The second kappa shape index (κ2) is 5.11. The average Bonchev–Trinajstić information content (AvgIpc) is 2.31. The van der Waals surface area contributed by atoms with Gasteiger partial charge < -0.3 is 5.73 Å². The second-order valence-electron chi connectivity index (χ2n) is 4.76. The van der Waals surface area contributed by atoms with Crippen LogP contribution in [-0.4, -0.2) is 31.2 Å². The normalized spacial score (nSPS) is 12.7. The number of nitrogens with zero attached hydrogens (tertiary/aromatic N) is 1. The number of carbonyl (C=O) groups excluding carboxylic acids is 1. The van der Waals surface area contributed by atoms with Crippen molar-refractivity contribution in [3.05, 3.63) is 28.8 Å². The summed E-state index contributed by atoms with van der Waals surface area (Å²) in [4.78, 5) is 11.4. The van der Waals surface area contributed by atoms with Crippen molar-refractivity contribution in [2.45, 2.75) is 31.2 Å². The fraction of sp³-hybridized carbons (Fsp3) is 0.417. The molecule has 0 unspecified atom stereocenters. The van der Waals surface area contributed by atoms with E-state index in [9.17, 15) is 13.2 Å². The second-order valence-corrected chi connectivity index (χ2v) is 7.10. The molecule has 0 aliphatic heterocycles. The SMILES string of the molecule is Cc1c(Cl)cccc1S(=O)(=O)N(C)C(C)(C)C(N)=O. The Kier molecular flexibility index (Phi) is 4.29. The predicted octanol–water partition coefficient (Wildman–Crippen LogP) is 1.53. The van der Waals surface area contributed by atoms with Gasteiger partial charge in [0.05, 0.1) is 4.90 Å². The van der Waals surface area contributed by atoms with Crippen LogP contribution in [0.2, 0.25) is 5.02 Å². The molecule has 0 aromatic heterocycles.